The molecule has 2 aromatic carbocycles. The SMILES string of the molecule is COc1cc2ccccc2cc1C(=O)N/N=C\c1ccccn1. The molecule has 0 aliphatic heterocycles. The van der Waals surface area contributed by atoms with Crippen LogP contribution >= 0.6 is 0 Å². The van der Waals surface area contributed by atoms with Gasteiger partial charge in [0.2, 0.25) is 0 Å². The highest BCUT2D eigenvalue weighted by Gasteiger charge is 2.13. The molecule has 0 aliphatic rings. The minimum Gasteiger partial charge on any atom is -0.496 e. The van der Waals surface area contributed by atoms with Crippen LogP contribution in [0.2, 0.25) is 0 Å². The lowest BCUT2D eigenvalue weighted by atomic mass is 10.1. The zero-order chi connectivity index (χ0) is 16.1. The van der Waals surface area contributed by atoms with E-state index < -0.39 is 0 Å². The molecule has 5 heteroatoms. The Bertz CT molecular complexity index is 861. The van der Waals surface area contributed by atoms with Gasteiger partial charge in [0.1, 0.15) is 5.75 Å². The Morgan fingerprint density at radius 1 is 1.13 bits per heavy atom. The van der Waals surface area contributed by atoms with Crippen molar-refractivity contribution in [1.82, 2.24) is 10.4 Å². The first-order valence-electron chi connectivity index (χ1n) is 7.09. The molecule has 0 radical (unpaired) electrons. The Kier molecular flexibility index (Phi) is 4.29. The normalized spacial score (nSPS) is 10.8. The molecule has 0 spiro atoms. The van der Waals surface area contributed by atoms with Crippen LogP contribution in [0, 0.1) is 0 Å². The van der Waals surface area contributed by atoms with E-state index in [1.165, 1.54) is 13.3 Å². The molecule has 1 N–H and O–H groups in total. The fraction of sp³-hybridized carbons (Fsp3) is 0.0556. The van der Waals surface area contributed by atoms with Gasteiger partial charge in [-0.1, -0.05) is 30.3 Å². The number of benzene rings is 2. The first-order valence-corrected chi connectivity index (χ1v) is 7.09. The van der Waals surface area contributed by atoms with E-state index in [1.807, 2.05) is 42.5 Å². The van der Waals surface area contributed by atoms with Gasteiger partial charge < -0.3 is 4.74 Å². The third-order valence-corrected chi connectivity index (χ3v) is 3.36. The molecule has 23 heavy (non-hydrogen) atoms. The second kappa shape index (κ2) is 6.70. The van der Waals surface area contributed by atoms with Crippen molar-refractivity contribution in [1.29, 1.82) is 0 Å². The van der Waals surface area contributed by atoms with Gasteiger partial charge in [0.25, 0.3) is 5.91 Å². The van der Waals surface area contributed by atoms with E-state index in [0.717, 1.165) is 10.8 Å². The van der Waals surface area contributed by atoms with Gasteiger partial charge >= 0.3 is 0 Å². The van der Waals surface area contributed by atoms with Crippen LogP contribution in [0.25, 0.3) is 10.8 Å². The lowest BCUT2D eigenvalue weighted by molar-refractivity contribution is 0.0952. The van der Waals surface area contributed by atoms with E-state index in [9.17, 15) is 4.79 Å². The lowest BCUT2D eigenvalue weighted by Crippen LogP contribution is -2.18. The predicted octanol–water partition coefficient (Wildman–Crippen LogP) is 3.01. The van der Waals surface area contributed by atoms with Gasteiger partial charge in [0.15, 0.2) is 0 Å². The quantitative estimate of drug-likeness (QED) is 0.595. The number of methoxy groups -OCH3 is 1. The highest BCUT2D eigenvalue weighted by molar-refractivity contribution is 6.01. The summed E-state index contributed by atoms with van der Waals surface area (Å²) in [5.74, 6) is 0.175. The van der Waals surface area contributed by atoms with Gasteiger partial charge in [0, 0.05) is 6.20 Å². The number of carbonyl (C=O) groups excluding carboxylic acids is 1. The molecular weight excluding hydrogens is 290 g/mol. The number of hydrazone groups is 1. The highest BCUT2D eigenvalue weighted by Crippen LogP contribution is 2.25. The van der Waals surface area contributed by atoms with Gasteiger partial charge in [-0.2, -0.15) is 5.10 Å². The number of fused-ring (bicyclic) bond motifs is 1. The zero-order valence-electron chi connectivity index (χ0n) is 12.6. The summed E-state index contributed by atoms with van der Waals surface area (Å²) in [6, 6.07) is 16.9. The molecule has 0 saturated heterocycles. The van der Waals surface area contributed by atoms with Gasteiger partial charge in [-0.3, -0.25) is 9.78 Å². The van der Waals surface area contributed by atoms with Crippen LogP contribution in [-0.4, -0.2) is 24.2 Å². The topological polar surface area (TPSA) is 63.6 Å². The van der Waals surface area contributed by atoms with Gasteiger partial charge in [-0.15, -0.1) is 0 Å². The molecule has 3 rings (SSSR count). The minimum absolute atomic E-state index is 0.334. The molecule has 0 atom stereocenters. The number of aromatic nitrogens is 1. The predicted molar refractivity (Wildman–Crippen MR) is 89.8 cm³/mol. The number of rotatable bonds is 4. The number of nitrogens with zero attached hydrogens (tertiary/aromatic N) is 2. The number of amides is 1. The average molecular weight is 305 g/mol. The first-order chi connectivity index (χ1) is 11.3. The number of nitrogens with one attached hydrogen (secondary N) is 1. The maximum atomic E-state index is 12.3. The third-order valence-electron chi connectivity index (χ3n) is 3.36. The van der Waals surface area contributed by atoms with Gasteiger partial charge in [-0.25, -0.2) is 5.43 Å². The van der Waals surface area contributed by atoms with Crippen LogP contribution in [-0.2, 0) is 0 Å². The number of hydrogen-bond acceptors (Lipinski definition) is 4. The molecule has 3 aromatic rings. The van der Waals surface area contributed by atoms with Crippen LogP contribution in [0.15, 0.2) is 65.9 Å². The second-order valence-corrected chi connectivity index (χ2v) is 4.85. The van der Waals surface area contributed by atoms with Crippen LogP contribution in [0.1, 0.15) is 16.1 Å². The van der Waals surface area contributed by atoms with Crippen LogP contribution in [0.5, 0.6) is 5.75 Å². The van der Waals surface area contributed by atoms with E-state index in [4.69, 9.17) is 4.74 Å². The maximum absolute atomic E-state index is 12.3. The number of hydrogen-bond donors (Lipinski definition) is 1. The molecule has 1 aromatic heterocycles. The fourth-order valence-corrected chi connectivity index (χ4v) is 2.24. The summed E-state index contributed by atoms with van der Waals surface area (Å²) < 4.78 is 5.31. The lowest BCUT2D eigenvalue weighted by Gasteiger charge is -2.09. The van der Waals surface area contributed by atoms with E-state index in [2.05, 4.69) is 15.5 Å². The molecule has 0 saturated carbocycles. The summed E-state index contributed by atoms with van der Waals surface area (Å²) in [5.41, 5.74) is 3.60. The Morgan fingerprint density at radius 2 is 1.87 bits per heavy atom. The molecule has 114 valence electrons. The summed E-state index contributed by atoms with van der Waals surface area (Å²) in [6.45, 7) is 0. The van der Waals surface area contributed by atoms with E-state index in [-0.39, 0.29) is 5.91 Å². The van der Waals surface area contributed by atoms with Crippen molar-refractivity contribution in [3.63, 3.8) is 0 Å². The Labute approximate surface area is 133 Å². The summed E-state index contributed by atoms with van der Waals surface area (Å²) >= 11 is 0. The smallest absolute Gasteiger partial charge is 0.275 e. The van der Waals surface area contributed by atoms with Crippen molar-refractivity contribution in [2.24, 2.45) is 5.10 Å². The highest BCUT2D eigenvalue weighted by atomic mass is 16.5. The molecular formula is C18H15N3O2. The number of ether oxygens (including phenoxy) is 1. The largest absolute Gasteiger partial charge is 0.496 e. The molecule has 0 aliphatic carbocycles. The Morgan fingerprint density at radius 3 is 2.57 bits per heavy atom. The van der Waals surface area contributed by atoms with E-state index >= 15 is 0 Å². The Balaban J connectivity index is 1.84. The standard InChI is InChI=1S/C18H15N3O2/c1-23-17-11-14-7-3-2-6-13(14)10-16(17)18(22)21-20-12-15-8-4-5-9-19-15/h2-12H,1H3,(H,21,22)/b20-12-. The van der Waals surface area contributed by atoms with Crippen molar-refractivity contribution >= 4 is 22.9 Å². The second-order valence-electron chi connectivity index (χ2n) is 4.85. The van der Waals surface area contributed by atoms with Crippen molar-refractivity contribution in [2.75, 3.05) is 7.11 Å². The van der Waals surface area contributed by atoms with Crippen molar-refractivity contribution in [3.8, 4) is 5.75 Å². The molecule has 0 fully saturated rings. The van der Waals surface area contributed by atoms with E-state index in [0.29, 0.717) is 17.0 Å². The first kappa shape index (κ1) is 14.7. The monoisotopic (exact) mass is 305 g/mol. The average Bonchev–Trinajstić information content (AvgIpc) is 2.61. The summed E-state index contributed by atoms with van der Waals surface area (Å²) in [6.07, 6.45) is 3.15. The van der Waals surface area contributed by atoms with Crippen LogP contribution < -0.4 is 10.2 Å². The molecule has 5 nitrogen and oxygen atoms in total. The molecule has 0 bridgehead atoms. The minimum atomic E-state index is -0.334. The number of carbonyl (C=O) groups is 1. The fourth-order valence-electron chi connectivity index (χ4n) is 2.24. The third kappa shape index (κ3) is 3.35. The molecule has 1 amide bonds. The zero-order valence-corrected chi connectivity index (χ0v) is 12.6. The molecule has 1 heterocycles. The summed E-state index contributed by atoms with van der Waals surface area (Å²) in [5, 5.41) is 5.91. The van der Waals surface area contributed by atoms with Gasteiger partial charge in [-0.05, 0) is 35.0 Å². The Hall–Kier alpha value is -3.21. The summed E-state index contributed by atoms with van der Waals surface area (Å²) in [4.78, 5) is 16.4. The maximum Gasteiger partial charge on any atom is 0.275 e. The van der Waals surface area contributed by atoms with Crippen molar-refractivity contribution in [2.45, 2.75) is 0 Å². The van der Waals surface area contributed by atoms with Crippen LogP contribution in [0.4, 0.5) is 0 Å². The van der Waals surface area contributed by atoms with Crippen LogP contribution in [0.3, 0.4) is 0 Å². The molecule has 0 unspecified atom stereocenters. The van der Waals surface area contributed by atoms with Crippen molar-refractivity contribution < 1.29 is 9.53 Å². The van der Waals surface area contributed by atoms with Gasteiger partial charge in [0.05, 0.1) is 24.6 Å². The van der Waals surface area contributed by atoms with Crippen molar-refractivity contribution in [3.05, 3.63) is 72.1 Å². The van der Waals surface area contributed by atoms with E-state index in [1.54, 1.807) is 18.3 Å². The number of pyridine rings is 1. The summed E-state index contributed by atoms with van der Waals surface area (Å²) in [7, 11) is 1.54.